The third-order valence-electron chi connectivity index (χ3n) is 4.50. The van der Waals surface area contributed by atoms with Crippen LogP contribution >= 0.6 is 11.3 Å². The molecule has 0 radical (unpaired) electrons. The smallest absolute Gasteiger partial charge is 0.256 e. The highest BCUT2D eigenvalue weighted by Gasteiger charge is 2.32. The number of carbonyl (C=O) groups excluding carboxylic acids is 1. The molecule has 4 rings (SSSR count). The van der Waals surface area contributed by atoms with Crippen molar-refractivity contribution in [2.45, 2.75) is 19.1 Å². The van der Waals surface area contributed by atoms with Crippen LogP contribution in [0.15, 0.2) is 59.4 Å². The molecule has 25 heavy (non-hydrogen) atoms. The van der Waals surface area contributed by atoms with Crippen molar-refractivity contribution in [3.05, 3.63) is 70.5 Å². The molecular formula is C20H18N2O2S. The van der Waals surface area contributed by atoms with Gasteiger partial charge in [0.1, 0.15) is 6.10 Å². The molecule has 1 unspecified atom stereocenters. The highest BCUT2D eigenvalue weighted by Crippen LogP contribution is 2.30. The van der Waals surface area contributed by atoms with Crippen molar-refractivity contribution < 1.29 is 9.53 Å². The second-order valence-corrected chi connectivity index (χ2v) is 6.83. The molecule has 1 atom stereocenters. The molecular weight excluding hydrogens is 332 g/mol. The van der Waals surface area contributed by atoms with Crippen LogP contribution in [0.25, 0.3) is 11.3 Å². The van der Waals surface area contributed by atoms with E-state index in [9.17, 15) is 4.79 Å². The Morgan fingerprint density at radius 3 is 2.84 bits per heavy atom. The zero-order valence-corrected chi connectivity index (χ0v) is 14.7. The average Bonchev–Trinajstić information content (AvgIpc) is 3.19. The van der Waals surface area contributed by atoms with Crippen LogP contribution in [0.3, 0.4) is 0 Å². The summed E-state index contributed by atoms with van der Waals surface area (Å²) >= 11 is 1.66. The molecule has 126 valence electrons. The standard InChI is InChI=1S/C20H18N2O2S/c1-24-19-10-15-4-2-3-5-18(15)22(20(19)23)12-14-6-7-17(21-11-14)16-8-9-25-13-16/h2-9,11,13,19H,10,12H2,1H3. The third-order valence-corrected chi connectivity index (χ3v) is 5.18. The first-order valence-corrected chi connectivity index (χ1v) is 9.10. The highest BCUT2D eigenvalue weighted by atomic mass is 32.1. The van der Waals surface area contributed by atoms with E-state index in [2.05, 4.69) is 22.5 Å². The fourth-order valence-electron chi connectivity index (χ4n) is 3.16. The number of hydrogen-bond acceptors (Lipinski definition) is 4. The van der Waals surface area contributed by atoms with E-state index in [4.69, 9.17) is 4.74 Å². The summed E-state index contributed by atoms with van der Waals surface area (Å²) in [4.78, 5) is 19.1. The number of fused-ring (bicyclic) bond motifs is 1. The Balaban J connectivity index is 1.62. The van der Waals surface area contributed by atoms with Gasteiger partial charge in [-0.25, -0.2) is 0 Å². The van der Waals surface area contributed by atoms with Gasteiger partial charge >= 0.3 is 0 Å². The summed E-state index contributed by atoms with van der Waals surface area (Å²) < 4.78 is 5.39. The van der Waals surface area contributed by atoms with Gasteiger partial charge in [-0.05, 0) is 34.7 Å². The van der Waals surface area contributed by atoms with Gasteiger partial charge in [-0.15, -0.1) is 0 Å². The summed E-state index contributed by atoms with van der Waals surface area (Å²) in [5, 5.41) is 4.12. The van der Waals surface area contributed by atoms with E-state index in [-0.39, 0.29) is 5.91 Å². The molecule has 1 aliphatic rings. The largest absolute Gasteiger partial charge is 0.371 e. The average molecular weight is 350 g/mol. The maximum absolute atomic E-state index is 12.8. The number of thiophene rings is 1. The summed E-state index contributed by atoms with van der Waals surface area (Å²) in [6.45, 7) is 0.493. The van der Waals surface area contributed by atoms with Crippen LogP contribution in [0.1, 0.15) is 11.1 Å². The van der Waals surface area contributed by atoms with Crippen LogP contribution in [-0.4, -0.2) is 24.1 Å². The van der Waals surface area contributed by atoms with Crippen molar-refractivity contribution in [1.82, 2.24) is 4.98 Å². The number of aromatic nitrogens is 1. The van der Waals surface area contributed by atoms with E-state index in [1.54, 1.807) is 23.3 Å². The molecule has 1 aliphatic heterocycles. The molecule has 0 saturated carbocycles. The highest BCUT2D eigenvalue weighted by molar-refractivity contribution is 7.08. The molecule has 3 aromatic rings. The Morgan fingerprint density at radius 1 is 1.24 bits per heavy atom. The second kappa shape index (κ2) is 6.78. The van der Waals surface area contributed by atoms with Crippen LogP contribution < -0.4 is 4.90 Å². The summed E-state index contributed by atoms with van der Waals surface area (Å²) in [5.74, 6) is 0.00288. The number of carbonyl (C=O) groups is 1. The summed E-state index contributed by atoms with van der Waals surface area (Å²) in [7, 11) is 1.59. The maximum atomic E-state index is 12.8. The van der Waals surface area contributed by atoms with E-state index in [1.807, 2.05) is 41.9 Å². The minimum absolute atomic E-state index is 0.00288. The molecule has 0 saturated heterocycles. The number of pyridine rings is 1. The lowest BCUT2D eigenvalue weighted by Gasteiger charge is -2.33. The summed E-state index contributed by atoms with van der Waals surface area (Å²) in [6.07, 6.45) is 2.05. The number of ether oxygens (including phenoxy) is 1. The molecule has 0 N–H and O–H groups in total. The van der Waals surface area contributed by atoms with Gasteiger partial charge < -0.3 is 9.64 Å². The molecule has 5 heteroatoms. The van der Waals surface area contributed by atoms with E-state index >= 15 is 0 Å². The lowest BCUT2D eigenvalue weighted by Crippen LogP contribution is -2.45. The molecule has 1 amide bonds. The SMILES string of the molecule is COC1Cc2ccccc2N(Cc2ccc(-c3ccsc3)nc2)C1=O. The molecule has 1 aromatic carbocycles. The minimum Gasteiger partial charge on any atom is -0.371 e. The monoisotopic (exact) mass is 350 g/mol. The van der Waals surface area contributed by atoms with Crippen LogP contribution in [0.2, 0.25) is 0 Å². The van der Waals surface area contributed by atoms with Gasteiger partial charge in [0, 0.05) is 36.4 Å². The molecule has 0 aliphatic carbocycles. The topological polar surface area (TPSA) is 42.4 Å². The van der Waals surface area contributed by atoms with E-state index in [0.717, 1.165) is 28.1 Å². The van der Waals surface area contributed by atoms with Crippen LogP contribution in [0.5, 0.6) is 0 Å². The van der Waals surface area contributed by atoms with Crippen molar-refractivity contribution in [2.75, 3.05) is 12.0 Å². The van der Waals surface area contributed by atoms with Gasteiger partial charge in [0.05, 0.1) is 12.2 Å². The minimum atomic E-state index is -0.423. The summed E-state index contributed by atoms with van der Waals surface area (Å²) in [6, 6.07) is 14.1. The zero-order valence-electron chi connectivity index (χ0n) is 13.9. The van der Waals surface area contributed by atoms with E-state index in [0.29, 0.717) is 13.0 Å². The number of hydrogen-bond donors (Lipinski definition) is 0. The number of benzene rings is 1. The Morgan fingerprint density at radius 2 is 2.12 bits per heavy atom. The number of anilines is 1. The fraction of sp³-hybridized carbons (Fsp3) is 0.200. The normalized spacial score (nSPS) is 16.8. The van der Waals surface area contributed by atoms with Crippen molar-refractivity contribution in [3.8, 4) is 11.3 Å². The predicted molar refractivity (Wildman–Crippen MR) is 99.7 cm³/mol. The number of nitrogens with zero attached hydrogens (tertiary/aromatic N) is 2. The Hall–Kier alpha value is -2.50. The maximum Gasteiger partial charge on any atom is 0.256 e. The van der Waals surface area contributed by atoms with Crippen LogP contribution in [0, 0.1) is 0 Å². The number of rotatable bonds is 4. The van der Waals surface area contributed by atoms with Crippen molar-refractivity contribution in [2.24, 2.45) is 0 Å². The molecule has 0 spiro atoms. The van der Waals surface area contributed by atoms with Gasteiger partial charge in [0.25, 0.3) is 5.91 Å². The van der Waals surface area contributed by atoms with E-state index < -0.39 is 6.10 Å². The van der Waals surface area contributed by atoms with Gasteiger partial charge in [-0.3, -0.25) is 9.78 Å². The predicted octanol–water partition coefficient (Wildman–Crippen LogP) is 3.91. The number of amides is 1. The summed E-state index contributed by atoms with van der Waals surface area (Å²) in [5.41, 5.74) is 5.17. The first-order chi connectivity index (χ1) is 12.3. The Bertz CT molecular complexity index is 875. The zero-order chi connectivity index (χ0) is 17.2. The quantitative estimate of drug-likeness (QED) is 0.716. The Kier molecular flexibility index (Phi) is 4.34. The molecule has 0 bridgehead atoms. The van der Waals surface area contributed by atoms with Gasteiger partial charge in [-0.1, -0.05) is 24.3 Å². The Labute approximate surface area is 150 Å². The van der Waals surface area contributed by atoms with Gasteiger partial charge in [0.2, 0.25) is 0 Å². The molecule has 2 aromatic heterocycles. The number of para-hydroxylation sites is 1. The number of methoxy groups -OCH3 is 1. The van der Waals surface area contributed by atoms with E-state index in [1.165, 1.54) is 0 Å². The lowest BCUT2D eigenvalue weighted by molar-refractivity contribution is -0.129. The van der Waals surface area contributed by atoms with Crippen molar-refractivity contribution >= 4 is 22.9 Å². The molecule has 4 nitrogen and oxygen atoms in total. The molecule has 3 heterocycles. The third kappa shape index (κ3) is 3.08. The second-order valence-electron chi connectivity index (χ2n) is 6.05. The van der Waals surface area contributed by atoms with Crippen molar-refractivity contribution in [1.29, 1.82) is 0 Å². The first-order valence-electron chi connectivity index (χ1n) is 8.16. The van der Waals surface area contributed by atoms with Crippen LogP contribution in [0.4, 0.5) is 5.69 Å². The van der Waals surface area contributed by atoms with Crippen molar-refractivity contribution in [3.63, 3.8) is 0 Å². The van der Waals surface area contributed by atoms with Gasteiger partial charge in [-0.2, -0.15) is 11.3 Å². The first kappa shape index (κ1) is 16.0. The fourth-order valence-corrected chi connectivity index (χ4v) is 3.80. The molecule has 0 fully saturated rings. The van der Waals surface area contributed by atoms with Gasteiger partial charge in [0.15, 0.2) is 0 Å². The van der Waals surface area contributed by atoms with Crippen LogP contribution in [-0.2, 0) is 22.5 Å². The lowest BCUT2D eigenvalue weighted by atomic mass is 9.98.